The van der Waals surface area contributed by atoms with E-state index in [1.807, 2.05) is 4.90 Å². The third-order valence-corrected chi connectivity index (χ3v) is 4.21. The molecule has 1 aliphatic carbocycles. The van der Waals surface area contributed by atoms with Gasteiger partial charge < -0.3 is 4.90 Å². The highest BCUT2D eigenvalue weighted by molar-refractivity contribution is 6.53. The zero-order valence-corrected chi connectivity index (χ0v) is 10.4. The van der Waals surface area contributed by atoms with Crippen LogP contribution in [-0.4, -0.2) is 27.7 Å². The van der Waals surface area contributed by atoms with Gasteiger partial charge in [0.25, 0.3) is 5.91 Å². The van der Waals surface area contributed by atoms with Crippen LogP contribution in [0, 0.1) is 0 Å². The van der Waals surface area contributed by atoms with Gasteiger partial charge in [-0.05, 0) is 25.7 Å². The normalized spacial score (nSPS) is 25.1. The zero-order valence-electron chi connectivity index (χ0n) is 8.85. The van der Waals surface area contributed by atoms with E-state index in [4.69, 9.17) is 23.2 Å². The first-order valence-electron chi connectivity index (χ1n) is 5.75. The lowest BCUT2D eigenvalue weighted by Crippen LogP contribution is -2.50. The molecule has 0 radical (unpaired) electrons. The highest BCUT2D eigenvalue weighted by Crippen LogP contribution is 2.42. The molecule has 0 aromatic carbocycles. The predicted octanol–water partition coefficient (Wildman–Crippen LogP) is 3.12. The number of halogens is 2. The minimum atomic E-state index is -0.887. The van der Waals surface area contributed by atoms with Crippen LogP contribution < -0.4 is 0 Å². The Morgan fingerprint density at radius 3 is 2.27 bits per heavy atom. The molecule has 2 nitrogen and oxygen atoms in total. The number of alkyl halides is 2. The molecule has 1 spiro atoms. The molecule has 1 saturated heterocycles. The Kier molecular flexibility index (Phi) is 3.46. The molecule has 2 rings (SSSR count). The van der Waals surface area contributed by atoms with Gasteiger partial charge in [0.1, 0.15) is 0 Å². The molecule has 0 N–H and O–H groups in total. The Morgan fingerprint density at radius 1 is 1.07 bits per heavy atom. The Bertz CT molecular complexity index is 249. The van der Waals surface area contributed by atoms with Gasteiger partial charge in [0.05, 0.1) is 0 Å². The number of rotatable bonds is 1. The first kappa shape index (κ1) is 11.5. The molecule has 86 valence electrons. The molecule has 0 aromatic heterocycles. The zero-order chi connectivity index (χ0) is 10.9. The fraction of sp³-hybridized carbons (Fsp3) is 0.909. The highest BCUT2D eigenvalue weighted by atomic mass is 35.5. The lowest BCUT2D eigenvalue weighted by Gasteiger charge is -2.41. The molecule has 4 heteroatoms. The van der Waals surface area contributed by atoms with E-state index in [9.17, 15) is 4.79 Å². The van der Waals surface area contributed by atoms with Crippen LogP contribution in [0.25, 0.3) is 0 Å². The van der Waals surface area contributed by atoms with Gasteiger partial charge >= 0.3 is 0 Å². The largest absolute Gasteiger partial charge is 0.335 e. The second kappa shape index (κ2) is 4.50. The summed E-state index contributed by atoms with van der Waals surface area (Å²) < 4.78 is 0. The van der Waals surface area contributed by atoms with E-state index in [1.165, 1.54) is 19.3 Å². The number of carbonyl (C=O) groups is 1. The van der Waals surface area contributed by atoms with Crippen molar-refractivity contribution in [1.29, 1.82) is 0 Å². The summed E-state index contributed by atoms with van der Waals surface area (Å²) >= 11 is 11.4. The quantitative estimate of drug-likeness (QED) is 0.655. The molecule has 1 heterocycles. The van der Waals surface area contributed by atoms with Gasteiger partial charge in [0.15, 0.2) is 4.84 Å². The van der Waals surface area contributed by atoms with E-state index < -0.39 is 4.84 Å². The van der Waals surface area contributed by atoms with Crippen molar-refractivity contribution in [3.05, 3.63) is 0 Å². The van der Waals surface area contributed by atoms with E-state index in [0.717, 1.165) is 32.2 Å². The maximum Gasteiger partial charge on any atom is 0.256 e. The molecule has 1 aliphatic heterocycles. The van der Waals surface area contributed by atoms with Crippen molar-refractivity contribution < 1.29 is 4.79 Å². The Hall–Kier alpha value is 0.0500. The predicted molar refractivity (Wildman–Crippen MR) is 62.3 cm³/mol. The second-order valence-electron chi connectivity index (χ2n) is 4.68. The summed E-state index contributed by atoms with van der Waals surface area (Å²) in [4.78, 5) is 12.9. The van der Waals surface area contributed by atoms with Crippen LogP contribution >= 0.6 is 23.2 Å². The van der Waals surface area contributed by atoms with Crippen molar-refractivity contribution in [3.63, 3.8) is 0 Å². The van der Waals surface area contributed by atoms with Crippen molar-refractivity contribution in [3.8, 4) is 0 Å². The van der Waals surface area contributed by atoms with Crippen LogP contribution in [0.5, 0.6) is 0 Å². The van der Waals surface area contributed by atoms with Gasteiger partial charge in [0, 0.05) is 12.1 Å². The van der Waals surface area contributed by atoms with Gasteiger partial charge in [-0.2, -0.15) is 0 Å². The van der Waals surface area contributed by atoms with Gasteiger partial charge in [-0.15, -0.1) is 0 Å². The summed E-state index contributed by atoms with van der Waals surface area (Å²) in [6.07, 6.45) is 8.29. The molecule has 2 fully saturated rings. The molecule has 1 saturated carbocycles. The number of nitrogens with zero attached hydrogens (tertiary/aromatic N) is 1. The molecule has 1 amide bonds. The van der Waals surface area contributed by atoms with Crippen LogP contribution in [0.1, 0.15) is 44.9 Å². The molecule has 0 bridgehead atoms. The van der Waals surface area contributed by atoms with E-state index in [1.54, 1.807) is 0 Å². The highest BCUT2D eigenvalue weighted by Gasteiger charge is 2.44. The second-order valence-corrected chi connectivity index (χ2v) is 5.78. The van der Waals surface area contributed by atoms with E-state index in [0.29, 0.717) is 0 Å². The van der Waals surface area contributed by atoms with E-state index in [2.05, 4.69) is 0 Å². The molecule has 0 aromatic rings. The molecule has 0 unspecified atom stereocenters. The first-order valence-corrected chi connectivity index (χ1v) is 6.63. The summed E-state index contributed by atoms with van der Waals surface area (Å²) in [6.45, 7) is 0.842. The topological polar surface area (TPSA) is 20.3 Å². The van der Waals surface area contributed by atoms with Crippen LogP contribution in [-0.2, 0) is 4.79 Å². The first-order chi connectivity index (χ1) is 7.16. The summed E-state index contributed by atoms with van der Waals surface area (Å²) in [5.41, 5.74) is 0.108. The fourth-order valence-electron chi connectivity index (χ4n) is 3.13. The Balaban J connectivity index is 2.13. The third-order valence-electron chi connectivity index (χ3n) is 3.83. The number of hydrogen-bond acceptors (Lipinski definition) is 1. The number of likely N-dealkylation sites (tertiary alicyclic amines) is 1. The minimum Gasteiger partial charge on any atom is -0.335 e. The van der Waals surface area contributed by atoms with E-state index >= 15 is 0 Å². The van der Waals surface area contributed by atoms with Crippen molar-refractivity contribution in [2.75, 3.05) is 6.54 Å². The molecular formula is C11H17Cl2NO. The smallest absolute Gasteiger partial charge is 0.256 e. The lowest BCUT2D eigenvalue weighted by molar-refractivity contribution is -0.134. The maximum atomic E-state index is 11.9. The van der Waals surface area contributed by atoms with Gasteiger partial charge in [-0.25, -0.2) is 0 Å². The van der Waals surface area contributed by atoms with Crippen LogP contribution in [0.3, 0.4) is 0 Å². The summed E-state index contributed by atoms with van der Waals surface area (Å²) in [7, 11) is 0. The number of hydrogen-bond donors (Lipinski definition) is 0. The van der Waals surface area contributed by atoms with Gasteiger partial charge in [-0.3, -0.25) is 4.79 Å². The maximum absolute atomic E-state index is 11.9. The van der Waals surface area contributed by atoms with Crippen LogP contribution in [0.15, 0.2) is 0 Å². The Labute approximate surface area is 101 Å². The number of carbonyl (C=O) groups excluding carboxylic acids is 1. The van der Waals surface area contributed by atoms with Crippen LogP contribution in [0.2, 0.25) is 0 Å². The lowest BCUT2D eigenvalue weighted by atomic mass is 9.80. The third kappa shape index (κ3) is 2.12. The molecule has 2 aliphatic rings. The number of amides is 1. The van der Waals surface area contributed by atoms with Crippen LogP contribution in [0.4, 0.5) is 0 Å². The summed E-state index contributed by atoms with van der Waals surface area (Å²) in [5, 5.41) is 0. The molecule has 0 atom stereocenters. The van der Waals surface area contributed by atoms with Crippen molar-refractivity contribution in [1.82, 2.24) is 4.90 Å². The average molecular weight is 250 g/mol. The molecule has 15 heavy (non-hydrogen) atoms. The summed E-state index contributed by atoms with van der Waals surface area (Å²) in [6, 6.07) is 0. The monoisotopic (exact) mass is 249 g/mol. The minimum absolute atomic E-state index is 0.0854. The van der Waals surface area contributed by atoms with Gasteiger partial charge in [0.2, 0.25) is 0 Å². The van der Waals surface area contributed by atoms with E-state index in [-0.39, 0.29) is 11.4 Å². The van der Waals surface area contributed by atoms with Crippen molar-refractivity contribution >= 4 is 29.1 Å². The van der Waals surface area contributed by atoms with Gasteiger partial charge in [-0.1, -0.05) is 42.5 Å². The summed E-state index contributed by atoms with van der Waals surface area (Å²) in [5.74, 6) is -0.0854. The fourth-order valence-corrected chi connectivity index (χ4v) is 3.37. The average Bonchev–Trinajstić information content (AvgIpc) is 2.61. The Morgan fingerprint density at radius 2 is 1.67 bits per heavy atom. The molecular weight excluding hydrogens is 233 g/mol. The van der Waals surface area contributed by atoms with Crippen molar-refractivity contribution in [2.24, 2.45) is 0 Å². The standard InChI is InChI=1S/C11H17Cl2NO/c12-9(13)10(15)14-8-4-7-11(14)5-2-1-3-6-11/h9H,1-8H2. The van der Waals surface area contributed by atoms with Crippen molar-refractivity contribution in [2.45, 2.75) is 55.3 Å². The SMILES string of the molecule is O=C(C(Cl)Cl)N1CCCC12CCCCC2.